The van der Waals surface area contributed by atoms with Crippen LogP contribution in [0.15, 0.2) is 0 Å². The van der Waals surface area contributed by atoms with Gasteiger partial charge in [0.15, 0.2) is 0 Å². The summed E-state index contributed by atoms with van der Waals surface area (Å²) in [6, 6.07) is 0. The molecule has 3 heteroatoms. The van der Waals surface area contributed by atoms with Crippen LogP contribution < -0.4 is 0 Å². The summed E-state index contributed by atoms with van der Waals surface area (Å²) in [6.45, 7) is 9.33. The van der Waals surface area contributed by atoms with Crippen molar-refractivity contribution in [3.8, 4) is 0 Å². The smallest absolute Gasteiger partial charge is 0.120 e. The molecule has 0 unspecified atom stereocenters. The van der Waals surface area contributed by atoms with E-state index in [1.165, 1.54) is 39.1 Å². The summed E-state index contributed by atoms with van der Waals surface area (Å²) in [7, 11) is 0. The third-order valence-corrected chi connectivity index (χ3v) is 2.80. The molecule has 1 fully saturated rings. The third kappa shape index (κ3) is 4.20. The Kier molecular flexibility index (Phi) is 5.80. The number of rotatable bonds is 6. The second-order valence-corrected chi connectivity index (χ2v) is 3.99. The van der Waals surface area contributed by atoms with Crippen LogP contribution in [0.1, 0.15) is 26.2 Å². The number of carbonyl (C=O) groups is 1. The lowest BCUT2D eigenvalue weighted by atomic mass is 10.2. The van der Waals surface area contributed by atoms with Gasteiger partial charge in [0.1, 0.15) is 6.29 Å². The first-order valence-corrected chi connectivity index (χ1v) is 5.75. The van der Waals surface area contributed by atoms with E-state index in [0.29, 0.717) is 0 Å². The Morgan fingerprint density at radius 1 is 1.07 bits per heavy atom. The minimum absolute atomic E-state index is 0.717. The summed E-state index contributed by atoms with van der Waals surface area (Å²) in [6.07, 6.45) is 4.02. The molecule has 1 aliphatic rings. The molecule has 0 aromatic carbocycles. The van der Waals surface area contributed by atoms with Crippen molar-refractivity contribution >= 4 is 6.29 Å². The molecule has 0 N–H and O–H groups in total. The van der Waals surface area contributed by atoms with Gasteiger partial charge in [0, 0.05) is 32.6 Å². The van der Waals surface area contributed by atoms with Crippen LogP contribution in [0.2, 0.25) is 0 Å². The lowest BCUT2D eigenvalue weighted by Gasteiger charge is -2.34. The molecule has 1 heterocycles. The fourth-order valence-electron chi connectivity index (χ4n) is 1.95. The summed E-state index contributed by atoms with van der Waals surface area (Å²) in [4.78, 5) is 15.1. The number of piperazine rings is 1. The van der Waals surface area contributed by atoms with E-state index in [0.717, 1.165) is 25.7 Å². The van der Waals surface area contributed by atoms with Gasteiger partial charge in [-0.2, -0.15) is 0 Å². The molecule has 0 amide bonds. The Labute approximate surface area is 87.1 Å². The standard InChI is InChI=1S/C11H22N2O/c1-2-5-12-7-9-13(10-8-12)6-3-4-11-14/h11H,2-10H2,1H3. The van der Waals surface area contributed by atoms with E-state index in [1.807, 2.05) is 0 Å². The topological polar surface area (TPSA) is 23.6 Å². The summed E-state index contributed by atoms with van der Waals surface area (Å²) < 4.78 is 0. The van der Waals surface area contributed by atoms with E-state index in [4.69, 9.17) is 0 Å². The summed E-state index contributed by atoms with van der Waals surface area (Å²) >= 11 is 0. The van der Waals surface area contributed by atoms with E-state index in [-0.39, 0.29) is 0 Å². The van der Waals surface area contributed by atoms with Gasteiger partial charge in [-0.15, -0.1) is 0 Å². The van der Waals surface area contributed by atoms with Gasteiger partial charge in [-0.3, -0.25) is 0 Å². The molecule has 0 bridgehead atoms. The zero-order valence-corrected chi connectivity index (χ0v) is 9.24. The van der Waals surface area contributed by atoms with Crippen LogP contribution in [0.4, 0.5) is 0 Å². The van der Waals surface area contributed by atoms with Gasteiger partial charge in [-0.25, -0.2) is 0 Å². The zero-order valence-electron chi connectivity index (χ0n) is 9.24. The van der Waals surface area contributed by atoms with Gasteiger partial charge in [0.05, 0.1) is 0 Å². The van der Waals surface area contributed by atoms with E-state index >= 15 is 0 Å². The fraction of sp³-hybridized carbons (Fsp3) is 0.909. The first kappa shape index (κ1) is 11.7. The number of aldehydes is 1. The Morgan fingerprint density at radius 3 is 2.14 bits per heavy atom. The lowest BCUT2D eigenvalue weighted by Crippen LogP contribution is -2.46. The van der Waals surface area contributed by atoms with E-state index < -0.39 is 0 Å². The van der Waals surface area contributed by atoms with Crippen molar-refractivity contribution < 1.29 is 4.79 Å². The average molecular weight is 198 g/mol. The van der Waals surface area contributed by atoms with Gasteiger partial charge in [-0.05, 0) is 25.9 Å². The Hall–Kier alpha value is -0.410. The van der Waals surface area contributed by atoms with E-state index in [9.17, 15) is 4.79 Å². The molecule has 3 nitrogen and oxygen atoms in total. The molecule has 82 valence electrons. The number of hydrogen-bond donors (Lipinski definition) is 0. The van der Waals surface area contributed by atoms with Crippen molar-refractivity contribution in [2.24, 2.45) is 0 Å². The molecular formula is C11H22N2O. The largest absolute Gasteiger partial charge is 0.303 e. The van der Waals surface area contributed by atoms with Crippen molar-refractivity contribution in [2.45, 2.75) is 26.2 Å². The Bertz CT molecular complexity index is 153. The van der Waals surface area contributed by atoms with E-state index in [1.54, 1.807) is 0 Å². The van der Waals surface area contributed by atoms with Gasteiger partial charge in [0.2, 0.25) is 0 Å². The first-order chi connectivity index (χ1) is 6.86. The van der Waals surface area contributed by atoms with Crippen LogP contribution >= 0.6 is 0 Å². The SMILES string of the molecule is CCCN1CCN(CCCC=O)CC1. The molecule has 0 aromatic heterocycles. The molecule has 0 atom stereocenters. The van der Waals surface area contributed by atoms with Crippen LogP contribution in [0.3, 0.4) is 0 Å². The number of unbranched alkanes of at least 4 members (excludes halogenated alkanes) is 1. The van der Waals surface area contributed by atoms with Gasteiger partial charge in [-0.1, -0.05) is 6.92 Å². The minimum atomic E-state index is 0.717. The number of nitrogens with zero attached hydrogens (tertiary/aromatic N) is 2. The Balaban J connectivity index is 2.06. The number of hydrogen-bond acceptors (Lipinski definition) is 3. The normalized spacial score (nSPS) is 19.8. The molecule has 1 saturated heterocycles. The van der Waals surface area contributed by atoms with Gasteiger partial charge < -0.3 is 14.6 Å². The maximum Gasteiger partial charge on any atom is 0.120 e. The number of carbonyl (C=O) groups excluding carboxylic acids is 1. The van der Waals surface area contributed by atoms with Crippen LogP contribution in [-0.4, -0.2) is 55.4 Å². The highest BCUT2D eigenvalue weighted by Crippen LogP contribution is 2.03. The van der Waals surface area contributed by atoms with Crippen LogP contribution in [-0.2, 0) is 4.79 Å². The maximum absolute atomic E-state index is 10.2. The monoisotopic (exact) mass is 198 g/mol. The highest BCUT2D eigenvalue weighted by molar-refractivity contribution is 5.48. The highest BCUT2D eigenvalue weighted by Gasteiger charge is 2.14. The molecule has 0 aliphatic carbocycles. The van der Waals surface area contributed by atoms with Crippen LogP contribution in [0.5, 0.6) is 0 Å². The van der Waals surface area contributed by atoms with Gasteiger partial charge >= 0.3 is 0 Å². The molecule has 0 spiro atoms. The molecule has 14 heavy (non-hydrogen) atoms. The summed E-state index contributed by atoms with van der Waals surface area (Å²) in [5, 5.41) is 0. The molecular weight excluding hydrogens is 176 g/mol. The second kappa shape index (κ2) is 6.96. The molecule has 0 aromatic rings. The highest BCUT2D eigenvalue weighted by atomic mass is 16.1. The lowest BCUT2D eigenvalue weighted by molar-refractivity contribution is -0.108. The molecule has 1 aliphatic heterocycles. The van der Waals surface area contributed by atoms with Crippen molar-refractivity contribution in [3.05, 3.63) is 0 Å². The van der Waals surface area contributed by atoms with Crippen molar-refractivity contribution in [1.29, 1.82) is 0 Å². The van der Waals surface area contributed by atoms with Crippen LogP contribution in [0, 0.1) is 0 Å². The van der Waals surface area contributed by atoms with E-state index in [2.05, 4.69) is 16.7 Å². The van der Waals surface area contributed by atoms with Crippen molar-refractivity contribution in [3.63, 3.8) is 0 Å². The predicted molar refractivity (Wildman–Crippen MR) is 58.5 cm³/mol. The van der Waals surface area contributed by atoms with Crippen molar-refractivity contribution in [2.75, 3.05) is 39.3 Å². The fourth-order valence-corrected chi connectivity index (χ4v) is 1.95. The quantitative estimate of drug-likeness (QED) is 0.470. The zero-order chi connectivity index (χ0) is 10.2. The minimum Gasteiger partial charge on any atom is -0.303 e. The molecule has 0 radical (unpaired) electrons. The second-order valence-electron chi connectivity index (χ2n) is 3.99. The average Bonchev–Trinajstić information content (AvgIpc) is 2.21. The molecule has 0 saturated carbocycles. The third-order valence-electron chi connectivity index (χ3n) is 2.80. The first-order valence-electron chi connectivity index (χ1n) is 5.75. The summed E-state index contributed by atoms with van der Waals surface area (Å²) in [5.74, 6) is 0. The predicted octanol–water partition coefficient (Wildman–Crippen LogP) is 0.993. The maximum atomic E-state index is 10.2. The molecule has 1 rings (SSSR count). The van der Waals surface area contributed by atoms with Crippen LogP contribution in [0.25, 0.3) is 0 Å². The Morgan fingerprint density at radius 2 is 1.64 bits per heavy atom. The summed E-state index contributed by atoms with van der Waals surface area (Å²) in [5.41, 5.74) is 0. The van der Waals surface area contributed by atoms with Gasteiger partial charge in [0.25, 0.3) is 0 Å². The van der Waals surface area contributed by atoms with Crippen molar-refractivity contribution in [1.82, 2.24) is 9.80 Å².